The summed E-state index contributed by atoms with van der Waals surface area (Å²) in [5.74, 6) is 0.752. The number of carbonyl (C=O) groups excluding carboxylic acids is 2. The topological polar surface area (TPSA) is 65.1 Å². The minimum Gasteiger partial charge on any atom is -0.497 e. The highest BCUT2D eigenvalue weighted by Gasteiger charge is 2.09. The van der Waals surface area contributed by atoms with Gasteiger partial charge in [-0.25, -0.2) is 0 Å². The van der Waals surface area contributed by atoms with Crippen LogP contribution in [0.3, 0.4) is 0 Å². The highest BCUT2D eigenvalue weighted by molar-refractivity contribution is 5.69. The Morgan fingerprint density at radius 1 is 0.632 bits per heavy atom. The molecule has 0 fully saturated rings. The molecule has 6 nitrogen and oxygen atoms in total. The van der Waals surface area contributed by atoms with Crippen molar-refractivity contribution in [3.05, 3.63) is 29.8 Å². The van der Waals surface area contributed by atoms with Crippen LogP contribution >= 0.6 is 0 Å². The first kappa shape index (κ1) is 33.9. The molecule has 0 radical (unpaired) electrons. The SMILES string of the molecule is CCCCCCOC(=O)CCCCCN(CCCCCC(=O)OCCCCCC)Cc1ccc(OC)cc1. The van der Waals surface area contributed by atoms with Crippen LogP contribution in [0, 0.1) is 0 Å². The zero-order valence-corrected chi connectivity index (χ0v) is 24.6. The summed E-state index contributed by atoms with van der Waals surface area (Å²) < 4.78 is 16.0. The Morgan fingerprint density at radius 2 is 1.11 bits per heavy atom. The van der Waals surface area contributed by atoms with E-state index in [0.717, 1.165) is 89.6 Å². The van der Waals surface area contributed by atoms with Crippen molar-refractivity contribution >= 4 is 11.9 Å². The molecule has 38 heavy (non-hydrogen) atoms. The quantitative estimate of drug-likeness (QED) is 0.0941. The zero-order valence-electron chi connectivity index (χ0n) is 24.6. The van der Waals surface area contributed by atoms with Crippen molar-refractivity contribution in [2.45, 2.75) is 123 Å². The Morgan fingerprint density at radius 3 is 1.55 bits per heavy atom. The standard InChI is InChI=1S/C32H55NO5/c1-4-6-8-16-26-37-31(34)18-12-10-14-24-33(28-29-20-22-30(36-3)23-21-29)25-15-11-13-19-32(35)38-27-17-9-7-5-2/h20-23H,4-19,24-28H2,1-3H3. The van der Waals surface area contributed by atoms with E-state index in [4.69, 9.17) is 14.2 Å². The van der Waals surface area contributed by atoms with E-state index in [2.05, 4.69) is 30.9 Å². The van der Waals surface area contributed by atoms with Crippen LogP contribution in [0.5, 0.6) is 5.75 Å². The maximum absolute atomic E-state index is 11.9. The van der Waals surface area contributed by atoms with Crippen LogP contribution in [0.2, 0.25) is 0 Å². The van der Waals surface area contributed by atoms with Crippen LogP contribution in [-0.4, -0.2) is 50.3 Å². The number of methoxy groups -OCH3 is 1. The summed E-state index contributed by atoms with van der Waals surface area (Å²) >= 11 is 0. The van der Waals surface area contributed by atoms with E-state index in [9.17, 15) is 9.59 Å². The molecule has 0 saturated carbocycles. The van der Waals surface area contributed by atoms with Crippen LogP contribution in [0.25, 0.3) is 0 Å². The molecule has 0 unspecified atom stereocenters. The average Bonchev–Trinajstić information content (AvgIpc) is 2.92. The number of benzene rings is 1. The third-order valence-corrected chi connectivity index (χ3v) is 6.80. The molecular formula is C32H55NO5. The van der Waals surface area contributed by atoms with E-state index >= 15 is 0 Å². The maximum Gasteiger partial charge on any atom is 0.305 e. The molecule has 0 aromatic heterocycles. The van der Waals surface area contributed by atoms with Crippen molar-refractivity contribution < 1.29 is 23.8 Å². The van der Waals surface area contributed by atoms with Gasteiger partial charge in [-0.05, 0) is 69.3 Å². The number of nitrogens with zero attached hydrogens (tertiary/aromatic N) is 1. The van der Waals surface area contributed by atoms with Gasteiger partial charge in [0.2, 0.25) is 0 Å². The lowest BCUT2D eigenvalue weighted by atomic mass is 10.1. The first-order valence-corrected chi connectivity index (χ1v) is 15.3. The first-order valence-electron chi connectivity index (χ1n) is 15.3. The van der Waals surface area contributed by atoms with Crippen LogP contribution in [0.1, 0.15) is 122 Å². The molecule has 0 saturated heterocycles. The van der Waals surface area contributed by atoms with Gasteiger partial charge < -0.3 is 14.2 Å². The number of unbranched alkanes of at least 4 members (excludes halogenated alkanes) is 10. The number of ether oxygens (including phenoxy) is 3. The molecule has 1 aromatic carbocycles. The molecule has 0 N–H and O–H groups in total. The number of hydrogen-bond acceptors (Lipinski definition) is 6. The van der Waals surface area contributed by atoms with Crippen molar-refractivity contribution in [1.82, 2.24) is 4.90 Å². The van der Waals surface area contributed by atoms with Gasteiger partial charge in [-0.1, -0.05) is 77.3 Å². The van der Waals surface area contributed by atoms with E-state index in [-0.39, 0.29) is 11.9 Å². The Bertz CT molecular complexity index is 670. The van der Waals surface area contributed by atoms with Crippen LogP contribution in [0.15, 0.2) is 24.3 Å². The van der Waals surface area contributed by atoms with Crippen molar-refractivity contribution in [1.29, 1.82) is 0 Å². The summed E-state index contributed by atoms with van der Waals surface area (Å²) in [4.78, 5) is 26.4. The Balaban J connectivity index is 2.30. The van der Waals surface area contributed by atoms with Crippen LogP contribution < -0.4 is 4.74 Å². The Labute approximate surface area is 232 Å². The highest BCUT2D eigenvalue weighted by Crippen LogP contribution is 2.15. The Hall–Kier alpha value is -2.08. The molecule has 0 aliphatic heterocycles. The summed E-state index contributed by atoms with van der Waals surface area (Å²) in [6, 6.07) is 8.27. The lowest BCUT2D eigenvalue weighted by molar-refractivity contribution is -0.144. The van der Waals surface area contributed by atoms with Gasteiger partial charge in [0.05, 0.1) is 20.3 Å². The highest BCUT2D eigenvalue weighted by atomic mass is 16.5. The zero-order chi connectivity index (χ0) is 27.7. The van der Waals surface area contributed by atoms with Gasteiger partial charge in [0.15, 0.2) is 0 Å². The lowest BCUT2D eigenvalue weighted by Gasteiger charge is -2.22. The predicted octanol–water partition coefficient (Wildman–Crippen LogP) is 7.87. The van der Waals surface area contributed by atoms with E-state index in [0.29, 0.717) is 26.1 Å². The van der Waals surface area contributed by atoms with Gasteiger partial charge >= 0.3 is 11.9 Å². The lowest BCUT2D eigenvalue weighted by Crippen LogP contribution is -2.25. The van der Waals surface area contributed by atoms with E-state index in [1.54, 1.807) is 7.11 Å². The molecule has 0 aliphatic rings. The van der Waals surface area contributed by atoms with Gasteiger partial charge in [-0.2, -0.15) is 0 Å². The third-order valence-electron chi connectivity index (χ3n) is 6.80. The molecule has 0 heterocycles. The number of carbonyl (C=O) groups is 2. The molecule has 6 heteroatoms. The monoisotopic (exact) mass is 533 g/mol. The number of rotatable bonds is 25. The van der Waals surface area contributed by atoms with Crippen molar-refractivity contribution in [2.24, 2.45) is 0 Å². The van der Waals surface area contributed by atoms with Gasteiger partial charge in [0, 0.05) is 19.4 Å². The minimum atomic E-state index is -0.0592. The number of esters is 2. The summed E-state index contributed by atoms with van der Waals surface area (Å²) in [6.07, 6.45) is 16.0. The Kier molecular flexibility index (Phi) is 21.4. The van der Waals surface area contributed by atoms with Crippen molar-refractivity contribution in [3.8, 4) is 5.75 Å². The summed E-state index contributed by atoms with van der Waals surface area (Å²) in [5, 5.41) is 0. The van der Waals surface area contributed by atoms with E-state index in [1.807, 2.05) is 12.1 Å². The smallest absolute Gasteiger partial charge is 0.305 e. The van der Waals surface area contributed by atoms with Crippen LogP contribution in [-0.2, 0) is 25.6 Å². The molecule has 0 atom stereocenters. The van der Waals surface area contributed by atoms with Gasteiger partial charge in [0.25, 0.3) is 0 Å². The molecule has 0 bridgehead atoms. The molecule has 0 spiro atoms. The summed E-state index contributed by atoms with van der Waals surface area (Å²) in [5.41, 5.74) is 1.27. The van der Waals surface area contributed by atoms with Crippen molar-refractivity contribution in [3.63, 3.8) is 0 Å². The van der Waals surface area contributed by atoms with Gasteiger partial charge in [-0.3, -0.25) is 14.5 Å². The second kappa shape index (κ2) is 24.0. The largest absolute Gasteiger partial charge is 0.497 e. The summed E-state index contributed by atoms with van der Waals surface area (Å²) in [6.45, 7) is 8.37. The molecular weight excluding hydrogens is 478 g/mol. The maximum atomic E-state index is 11.9. The van der Waals surface area contributed by atoms with E-state index < -0.39 is 0 Å². The predicted molar refractivity (Wildman–Crippen MR) is 155 cm³/mol. The fraction of sp³-hybridized carbons (Fsp3) is 0.750. The fourth-order valence-electron chi connectivity index (χ4n) is 4.40. The molecule has 1 aromatic rings. The molecule has 1 rings (SSSR count). The average molecular weight is 534 g/mol. The first-order chi connectivity index (χ1) is 18.6. The van der Waals surface area contributed by atoms with Gasteiger partial charge in [-0.15, -0.1) is 0 Å². The third kappa shape index (κ3) is 19.1. The normalized spacial score (nSPS) is 11.1. The molecule has 0 amide bonds. The number of hydrogen-bond donors (Lipinski definition) is 0. The van der Waals surface area contributed by atoms with E-state index in [1.165, 1.54) is 31.2 Å². The summed E-state index contributed by atoms with van der Waals surface area (Å²) in [7, 11) is 1.69. The molecule has 0 aliphatic carbocycles. The van der Waals surface area contributed by atoms with Gasteiger partial charge in [0.1, 0.15) is 5.75 Å². The fourth-order valence-corrected chi connectivity index (χ4v) is 4.40. The molecule has 218 valence electrons. The van der Waals surface area contributed by atoms with Crippen LogP contribution in [0.4, 0.5) is 0 Å². The second-order valence-corrected chi connectivity index (χ2v) is 10.3. The van der Waals surface area contributed by atoms with Crippen molar-refractivity contribution in [2.75, 3.05) is 33.4 Å². The minimum absolute atomic E-state index is 0.0592. The second-order valence-electron chi connectivity index (χ2n) is 10.3.